The lowest BCUT2D eigenvalue weighted by Gasteiger charge is -2.10. The summed E-state index contributed by atoms with van der Waals surface area (Å²) >= 11 is 0. The number of nitrogens with zero attached hydrogens (tertiary/aromatic N) is 1. The van der Waals surface area contributed by atoms with Crippen molar-refractivity contribution in [1.29, 1.82) is 0 Å². The zero-order valence-corrected chi connectivity index (χ0v) is 16.8. The van der Waals surface area contributed by atoms with Crippen molar-refractivity contribution in [3.63, 3.8) is 0 Å². The maximum Gasteiger partial charge on any atom is 0.308 e. The van der Waals surface area contributed by atoms with Gasteiger partial charge in [-0.3, -0.25) is 19.3 Å². The summed E-state index contributed by atoms with van der Waals surface area (Å²) in [6.07, 6.45) is -0.0257. The quantitative estimate of drug-likeness (QED) is 0.546. The predicted octanol–water partition coefficient (Wildman–Crippen LogP) is 2.07. The fourth-order valence-corrected chi connectivity index (χ4v) is 4.10. The lowest BCUT2D eigenvalue weighted by Crippen LogP contribution is -2.22. The van der Waals surface area contributed by atoms with Crippen molar-refractivity contribution < 1.29 is 27.5 Å². The van der Waals surface area contributed by atoms with Gasteiger partial charge in [0.15, 0.2) is 5.78 Å². The Balaban J connectivity index is 1.60. The van der Waals surface area contributed by atoms with Gasteiger partial charge in [-0.15, -0.1) is 0 Å². The van der Waals surface area contributed by atoms with E-state index in [9.17, 15) is 18.0 Å². The molecule has 0 spiro atoms. The monoisotopic (exact) mass is 416 g/mol. The second kappa shape index (κ2) is 8.44. The number of sulfonamides is 1. The molecule has 0 radical (unpaired) electrons. The van der Waals surface area contributed by atoms with E-state index in [1.54, 1.807) is 36.4 Å². The molecule has 2 aromatic rings. The van der Waals surface area contributed by atoms with Gasteiger partial charge < -0.3 is 9.47 Å². The Labute approximate surface area is 168 Å². The predicted molar refractivity (Wildman–Crippen MR) is 106 cm³/mol. The number of ketones is 1. The highest BCUT2D eigenvalue weighted by molar-refractivity contribution is 7.90. The Morgan fingerprint density at radius 2 is 1.90 bits per heavy atom. The molecule has 2 aromatic carbocycles. The number of ether oxygens (including phenoxy) is 2. The molecular weight excluding hydrogens is 396 g/mol. The van der Waals surface area contributed by atoms with Gasteiger partial charge in [0.2, 0.25) is 0 Å². The number of aliphatic imine (C=N–C) groups is 1. The number of nitrogens with one attached hydrogen (secondary N) is 1. The van der Waals surface area contributed by atoms with Crippen molar-refractivity contribution in [3.05, 3.63) is 59.2 Å². The van der Waals surface area contributed by atoms with Crippen molar-refractivity contribution in [2.75, 3.05) is 13.7 Å². The van der Waals surface area contributed by atoms with Gasteiger partial charge in [0, 0.05) is 16.7 Å². The Bertz CT molecular complexity index is 1090. The maximum atomic E-state index is 12.0. The fraction of sp³-hybridized carbons (Fsp3) is 0.250. The second-order valence-corrected chi connectivity index (χ2v) is 7.98. The topological polar surface area (TPSA) is 111 Å². The van der Waals surface area contributed by atoms with Crippen LogP contribution in [0.15, 0.2) is 52.4 Å². The molecule has 0 aliphatic carbocycles. The van der Waals surface area contributed by atoms with Gasteiger partial charge in [-0.1, -0.05) is 12.1 Å². The van der Waals surface area contributed by atoms with Crippen LogP contribution in [-0.2, 0) is 26.2 Å². The van der Waals surface area contributed by atoms with E-state index in [2.05, 4.69) is 9.71 Å². The zero-order chi connectivity index (χ0) is 21.0. The van der Waals surface area contributed by atoms with Crippen LogP contribution < -0.4 is 9.46 Å². The van der Waals surface area contributed by atoms with Crippen molar-refractivity contribution in [3.8, 4) is 5.75 Å². The molecule has 0 saturated heterocycles. The molecule has 0 amide bonds. The third kappa shape index (κ3) is 4.62. The molecule has 0 aromatic heterocycles. The molecule has 3 rings (SSSR count). The number of benzene rings is 2. The molecule has 29 heavy (non-hydrogen) atoms. The van der Waals surface area contributed by atoms with Crippen molar-refractivity contribution in [1.82, 2.24) is 4.72 Å². The molecule has 8 nitrogen and oxygen atoms in total. The number of fused-ring (bicyclic) bond motifs is 1. The highest BCUT2D eigenvalue weighted by atomic mass is 32.2. The summed E-state index contributed by atoms with van der Waals surface area (Å²) in [6.45, 7) is 1.47. The first-order valence-electron chi connectivity index (χ1n) is 8.82. The number of carbonyl (C=O) groups excluding carboxylic acids is 2. The minimum absolute atomic E-state index is 0.0257. The van der Waals surface area contributed by atoms with Gasteiger partial charge in [0.05, 0.1) is 25.0 Å². The van der Waals surface area contributed by atoms with Crippen LogP contribution in [-0.4, -0.2) is 39.7 Å². The highest BCUT2D eigenvalue weighted by Crippen LogP contribution is 2.23. The van der Waals surface area contributed by atoms with Crippen LogP contribution in [0.5, 0.6) is 5.75 Å². The number of rotatable bonds is 7. The van der Waals surface area contributed by atoms with Crippen molar-refractivity contribution in [2.45, 2.75) is 24.8 Å². The van der Waals surface area contributed by atoms with Crippen molar-refractivity contribution in [2.24, 2.45) is 4.99 Å². The van der Waals surface area contributed by atoms with E-state index in [4.69, 9.17) is 9.47 Å². The first-order chi connectivity index (χ1) is 13.8. The van der Waals surface area contributed by atoms with E-state index in [-0.39, 0.29) is 36.1 Å². The summed E-state index contributed by atoms with van der Waals surface area (Å²) < 4.78 is 36.9. The SMILES string of the molecule is COc1ccc(C(C)=O)cc1COC(=O)CCN=C1NS(=O)(=O)c2ccccc21. The first kappa shape index (κ1) is 20.5. The molecular formula is C20H20N2O6S. The number of esters is 1. The Morgan fingerprint density at radius 1 is 1.14 bits per heavy atom. The first-order valence-corrected chi connectivity index (χ1v) is 10.3. The lowest BCUT2D eigenvalue weighted by molar-refractivity contribution is -0.144. The van der Waals surface area contributed by atoms with E-state index in [1.807, 2.05) is 0 Å². The van der Waals surface area contributed by atoms with Crippen molar-refractivity contribution >= 4 is 27.6 Å². The minimum atomic E-state index is -3.61. The van der Waals surface area contributed by atoms with Gasteiger partial charge in [0.25, 0.3) is 10.0 Å². The van der Waals surface area contributed by atoms with Crippen LogP contribution >= 0.6 is 0 Å². The maximum absolute atomic E-state index is 12.0. The number of Topliss-reactive ketones (excluding diaryl/α,β-unsaturated/α-hetero) is 1. The average Bonchev–Trinajstić information content (AvgIpc) is 2.96. The van der Waals surface area contributed by atoms with Crippen LogP contribution in [0.2, 0.25) is 0 Å². The number of hydrogen-bond donors (Lipinski definition) is 1. The number of carbonyl (C=O) groups is 2. The minimum Gasteiger partial charge on any atom is -0.496 e. The van der Waals surface area contributed by atoms with Gasteiger partial charge in [-0.05, 0) is 37.3 Å². The molecule has 1 N–H and O–H groups in total. The highest BCUT2D eigenvalue weighted by Gasteiger charge is 2.29. The summed E-state index contributed by atoms with van der Waals surface area (Å²) in [6, 6.07) is 11.4. The van der Waals surface area contributed by atoms with Gasteiger partial charge >= 0.3 is 5.97 Å². The molecule has 152 valence electrons. The zero-order valence-electron chi connectivity index (χ0n) is 16.0. The molecule has 0 fully saturated rings. The standard InChI is InChI=1S/C20H20N2O6S/c1-13(23)14-7-8-17(27-2)15(11-14)12-28-19(24)9-10-21-20-16-5-3-4-6-18(16)29(25,26)22-20/h3-8,11H,9-10,12H2,1-2H3,(H,21,22). The van der Waals surface area contributed by atoms with Crippen LogP contribution in [0.4, 0.5) is 0 Å². The van der Waals surface area contributed by atoms with E-state index in [1.165, 1.54) is 20.1 Å². The smallest absolute Gasteiger partial charge is 0.308 e. The Kier molecular flexibility index (Phi) is 5.97. The van der Waals surface area contributed by atoms with Crippen LogP contribution in [0, 0.1) is 0 Å². The van der Waals surface area contributed by atoms with E-state index in [0.717, 1.165) is 0 Å². The van der Waals surface area contributed by atoms with Crippen LogP contribution in [0.3, 0.4) is 0 Å². The average molecular weight is 416 g/mol. The van der Waals surface area contributed by atoms with Gasteiger partial charge in [-0.25, -0.2) is 8.42 Å². The summed E-state index contributed by atoms with van der Waals surface area (Å²) in [5.74, 6) is 0.123. The third-order valence-corrected chi connectivity index (χ3v) is 5.72. The molecule has 1 heterocycles. The second-order valence-electron chi connectivity index (χ2n) is 6.33. The molecule has 9 heteroatoms. The molecule has 1 aliphatic rings. The molecule has 0 bridgehead atoms. The van der Waals surface area contributed by atoms with Gasteiger partial charge in [-0.2, -0.15) is 0 Å². The summed E-state index contributed by atoms with van der Waals surface area (Å²) in [7, 11) is -2.12. The van der Waals surface area contributed by atoms with Crippen LogP contribution in [0.1, 0.15) is 34.8 Å². The van der Waals surface area contributed by atoms with E-state index < -0.39 is 16.0 Å². The Hall–Kier alpha value is -3.20. The fourth-order valence-electron chi connectivity index (χ4n) is 2.85. The number of amidine groups is 1. The molecule has 0 saturated carbocycles. The Morgan fingerprint density at radius 3 is 2.62 bits per heavy atom. The normalized spacial score (nSPS) is 15.4. The lowest BCUT2D eigenvalue weighted by atomic mass is 10.1. The van der Waals surface area contributed by atoms with Crippen LogP contribution in [0.25, 0.3) is 0 Å². The largest absolute Gasteiger partial charge is 0.496 e. The summed E-state index contributed by atoms with van der Waals surface area (Å²) in [5.41, 5.74) is 1.56. The number of hydrogen-bond acceptors (Lipinski definition) is 7. The van der Waals surface area contributed by atoms with E-state index in [0.29, 0.717) is 22.4 Å². The molecule has 0 atom stereocenters. The summed E-state index contributed by atoms with van der Waals surface area (Å²) in [5, 5.41) is 0. The molecule has 1 aliphatic heterocycles. The number of methoxy groups -OCH3 is 1. The van der Waals surface area contributed by atoms with E-state index >= 15 is 0 Å². The van der Waals surface area contributed by atoms with Gasteiger partial charge in [0.1, 0.15) is 18.2 Å². The molecule has 0 unspecified atom stereocenters. The third-order valence-electron chi connectivity index (χ3n) is 4.32. The summed E-state index contributed by atoms with van der Waals surface area (Å²) in [4.78, 5) is 27.9.